The van der Waals surface area contributed by atoms with Gasteiger partial charge in [0.25, 0.3) is 0 Å². The summed E-state index contributed by atoms with van der Waals surface area (Å²) in [4.78, 5) is 29.8. The van der Waals surface area contributed by atoms with Crippen LogP contribution in [0.25, 0.3) is 0 Å². The number of phenols is 1. The number of carbonyl (C=O) groups is 3. The molecule has 0 aliphatic rings. The first-order chi connectivity index (χ1) is 9.18. The monoisotopic (exact) mass is 502 g/mol. The van der Waals surface area contributed by atoms with Crippen molar-refractivity contribution in [3.63, 3.8) is 0 Å². The van der Waals surface area contributed by atoms with E-state index in [2.05, 4.69) is 0 Å². The maximum atomic E-state index is 10.3. The third-order valence-electron chi connectivity index (χ3n) is 1.94. The summed E-state index contributed by atoms with van der Waals surface area (Å²) in [5, 5.41) is 49.8. The Kier molecular flexibility index (Phi) is 14.5. The van der Waals surface area contributed by atoms with E-state index in [9.17, 15) is 14.4 Å². The number of carboxylic acid groups (broad SMARTS) is 3. The van der Waals surface area contributed by atoms with E-state index in [4.69, 9.17) is 30.6 Å². The maximum absolute atomic E-state index is 10.3. The van der Waals surface area contributed by atoms with E-state index < -0.39 is 30.1 Å². The van der Waals surface area contributed by atoms with Crippen LogP contribution in [0.3, 0.4) is 0 Å². The molecule has 0 bridgehead atoms. The van der Waals surface area contributed by atoms with Crippen LogP contribution in [0.15, 0.2) is 24.3 Å². The normalized spacial score (nSPS) is 11.4. The molecule has 0 heterocycles. The number of benzene rings is 1. The minimum absolute atomic E-state index is 0. The smallest absolute Gasteiger partial charge is 0.339 e. The van der Waals surface area contributed by atoms with Gasteiger partial charge in [0, 0.05) is 44.8 Å². The molecule has 0 aliphatic heterocycles. The second kappa shape index (κ2) is 12.4. The fourth-order valence-corrected chi connectivity index (χ4v) is 0.925. The number of aliphatic hydroxyl groups excluding tert-OH is 2. The molecule has 0 aliphatic carbocycles. The van der Waals surface area contributed by atoms with Crippen molar-refractivity contribution >= 4 is 17.9 Å². The first-order valence-electron chi connectivity index (χ1n) is 5.01. The first kappa shape index (κ1) is 25.8. The molecule has 1 aromatic carbocycles. The van der Waals surface area contributed by atoms with E-state index in [0.717, 1.165) is 0 Å². The van der Waals surface area contributed by atoms with Crippen LogP contribution >= 0.6 is 0 Å². The van der Waals surface area contributed by atoms with Crippen molar-refractivity contribution in [3.05, 3.63) is 29.8 Å². The number of aromatic carboxylic acids is 1. The molecule has 0 saturated carbocycles. The third kappa shape index (κ3) is 8.97. The van der Waals surface area contributed by atoms with E-state index in [0.29, 0.717) is 0 Å². The molecular weight excluding hydrogens is 492 g/mol. The molecule has 11 heteroatoms. The summed E-state index contributed by atoms with van der Waals surface area (Å²) < 4.78 is 0. The number of para-hydroxylation sites is 1. The predicted octanol–water partition coefficient (Wildman–Crippen LogP) is -1.04. The van der Waals surface area contributed by atoms with E-state index in [1.54, 1.807) is 12.1 Å². The van der Waals surface area contributed by atoms with E-state index >= 15 is 0 Å². The largest absolute Gasteiger partial charge is 0.507 e. The zero-order chi connectivity index (χ0) is 15.9. The van der Waals surface area contributed by atoms with Crippen molar-refractivity contribution in [2.45, 2.75) is 12.2 Å². The van der Waals surface area contributed by atoms with Crippen molar-refractivity contribution in [2.24, 2.45) is 0 Å². The van der Waals surface area contributed by atoms with Crippen molar-refractivity contribution in [1.29, 1.82) is 0 Å². The summed E-state index contributed by atoms with van der Waals surface area (Å²) in [6.45, 7) is 0. The molecular formula is C11H12Ag2O9. The minimum Gasteiger partial charge on any atom is -0.507 e. The molecule has 2 unspecified atom stereocenters. The molecule has 0 spiro atoms. The van der Waals surface area contributed by atoms with Gasteiger partial charge in [-0.25, -0.2) is 14.4 Å². The summed E-state index contributed by atoms with van der Waals surface area (Å²) in [5.74, 6) is -4.85. The topological polar surface area (TPSA) is 173 Å². The minimum atomic E-state index is -2.27. The molecule has 0 fully saturated rings. The zero-order valence-electron chi connectivity index (χ0n) is 10.5. The van der Waals surface area contributed by atoms with Gasteiger partial charge in [0.15, 0.2) is 12.2 Å². The first-order valence-corrected chi connectivity index (χ1v) is 5.01. The van der Waals surface area contributed by atoms with Crippen LogP contribution in [0.4, 0.5) is 0 Å². The van der Waals surface area contributed by atoms with Crippen LogP contribution < -0.4 is 0 Å². The summed E-state index contributed by atoms with van der Waals surface area (Å²) in [7, 11) is 0. The van der Waals surface area contributed by atoms with Crippen LogP contribution in [-0.4, -0.2) is 60.8 Å². The maximum Gasteiger partial charge on any atom is 0.339 e. The Morgan fingerprint density at radius 3 is 1.41 bits per heavy atom. The summed E-state index contributed by atoms with van der Waals surface area (Å²) in [5.41, 5.74) is -0.0671. The van der Waals surface area contributed by atoms with Crippen molar-refractivity contribution in [3.8, 4) is 5.75 Å². The van der Waals surface area contributed by atoms with Crippen LogP contribution in [-0.2, 0) is 54.3 Å². The predicted molar refractivity (Wildman–Crippen MR) is 62.4 cm³/mol. The summed E-state index contributed by atoms with van der Waals surface area (Å²) in [6, 6.07) is 5.81. The van der Waals surface area contributed by atoms with E-state index in [-0.39, 0.29) is 56.1 Å². The molecule has 2 atom stereocenters. The van der Waals surface area contributed by atoms with Gasteiger partial charge in [-0.2, -0.15) is 0 Å². The Bertz CT molecular complexity index is 488. The van der Waals surface area contributed by atoms with Crippen LogP contribution in [0.2, 0.25) is 0 Å². The van der Waals surface area contributed by atoms with E-state index in [1.807, 2.05) is 0 Å². The second-order valence-corrected chi connectivity index (χ2v) is 3.39. The second-order valence-electron chi connectivity index (χ2n) is 3.39. The van der Waals surface area contributed by atoms with Gasteiger partial charge in [-0.1, -0.05) is 12.1 Å². The average Bonchev–Trinajstić information content (AvgIpc) is 2.37. The van der Waals surface area contributed by atoms with Gasteiger partial charge < -0.3 is 30.6 Å². The Morgan fingerprint density at radius 1 is 0.818 bits per heavy atom. The van der Waals surface area contributed by atoms with Gasteiger partial charge in [-0.05, 0) is 12.1 Å². The Balaban J connectivity index is -0.000000301. The molecule has 132 valence electrons. The third-order valence-corrected chi connectivity index (χ3v) is 1.94. The molecule has 2 radical (unpaired) electrons. The molecule has 0 aromatic heterocycles. The Labute approximate surface area is 155 Å². The van der Waals surface area contributed by atoms with Gasteiger partial charge in [0.05, 0.1) is 0 Å². The SMILES string of the molecule is O=C(O)C(O)C(O)C(=O)O.O=C(O)c1ccccc1O.[Ag].[Ag]. The average molecular weight is 504 g/mol. The number of aliphatic carboxylic acids is 2. The number of hydrogen-bond donors (Lipinski definition) is 6. The molecule has 0 amide bonds. The van der Waals surface area contributed by atoms with Gasteiger partial charge in [-0.15, -0.1) is 0 Å². The summed E-state index contributed by atoms with van der Waals surface area (Å²) in [6.07, 6.45) is -4.53. The number of hydrogen-bond acceptors (Lipinski definition) is 6. The molecule has 22 heavy (non-hydrogen) atoms. The molecule has 9 nitrogen and oxygen atoms in total. The molecule has 6 N–H and O–H groups in total. The van der Waals surface area contributed by atoms with Gasteiger partial charge in [0.2, 0.25) is 0 Å². The Morgan fingerprint density at radius 2 is 1.18 bits per heavy atom. The number of aromatic hydroxyl groups is 1. The zero-order valence-corrected chi connectivity index (χ0v) is 13.4. The number of carboxylic acids is 3. The van der Waals surface area contributed by atoms with Crippen LogP contribution in [0.5, 0.6) is 5.75 Å². The fraction of sp³-hybridized carbons (Fsp3) is 0.182. The standard InChI is InChI=1S/C7H6O3.C4H6O6.2Ag/c8-6-4-2-1-3-5(6)7(9)10;5-1(3(7)8)2(6)4(9)10;;/h1-4,8H,(H,9,10);1-2,5-6H,(H,7,8)(H,9,10);;. The van der Waals surface area contributed by atoms with Crippen molar-refractivity contribution in [1.82, 2.24) is 0 Å². The van der Waals surface area contributed by atoms with Crippen molar-refractivity contribution < 1.29 is 89.8 Å². The van der Waals surface area contributed by atoms with Gasteiger partial charge >= 0.3 is 17.9 Å². The molecule has 0 saturated heterocycles. The van der Waals surface area contributed by atoms with Gasteiger partial charge in [0.1, 0.15) is 11.3 Å². The molecule has 1 rings (SSSR count). The number of aliphatic hydroxyl groups is 2. The fourth-order valence-electron chi connectivity index (χ4n) is 0.925. The van der Waals surface area contributed by atoms with Crippen LogP contribution in [0, 0.1) is 0 Å². The molecule has 1 aromatic rings. The van der Waals surface area contributed by atoms with Crippen molar-refractivity contribution in [2.75, 3.05) is 0 Å². The van der Waals surface area contributed by atoms with Crippen LogP contribution in [0.1, 0.15) is 10.4 Å². The number of rotatable bonds is 4. The Hall–Kier alpha value is -1.17. The van der Waals surface area contributed by atoms with E-state index in [1.165, 1.54) is 12.1 Å². The quantitative estimate of drug-likeness (QED) is 0.281. The summed E-state index contributed by atoms with van der Waals surface area (Å²) >= 11 is 0. The van der Waals surface area contributed by atoms with Gasteiger partial charge in [-0.3, -0.25) is 0 Å².